The number of aromatic nitrogens is 2. The molecule has 1 aliphatic heterocycles. The summed E-state index contributed by atoms with van der Waals surface area (Å²) in [4.78, 5) is 29.7. The second-order valence-corrected chi connectivity index (χ2v) is 8.72. The number of hydrogen-bond acceptors (Lipinski definition) is 7. The van der Waals surface area contributed by atoms with Gasteiger partial charge >= 0.3 is 5.97 Å². The summed E-state index contributed by atoms with van der Waals surface area (Å²) in [6.07, 6.45) is 1.72. The number of nitrogens with zero attached hydrogens (tertiary/aromatic N) is 4. The van der Waals surface area contributed by atoms with Gasteiger partial charge in [0, 0.05) is 23.7 Å². The Morgan fingerprint density at radius 1 is 1.25 bits per heavy atom. The van der Waals surface area contributed by atoms with Crippen molar-refractivity contribution in [2.45, 2.75) is 32.9 Å². The number of esters is 1. The quantitative estimate of drug-likeness (QED) is 0.209. The van der Waals surface area contributed by atoms with Crippen molar-refractivity contribution in [2.75, 3.05) is 20.3 Å². The molecule has 4 rings (SSSR count). The average molecular weight is 510 g/mol. The molecule has 3 heterocycles. The monoisotopic (exact) mass is 509 g/mol. The molecule has 188 valence electrons. The summed E-state index contributed by atoms with van der Waals surface area (Å²) in [6, 6.07) is 11.6. The van der Waals surface area contributed by atoms with Crippen LogP contribution in [-0.4, -0.2) is 50.7 Å². The minimum atomic E-state index is -0.455. The third-order valence-electron chi connectivity index (χ3n) is 6.21. The van der Waals surface area contributed by atoms with Crippen molar-refractivity contribution < 1.29 is 19.2 Å². The summed E-state index contributed by atoms with van der Waals surface area (Å²) in [7, 11) is 1.48. The number of rotatable bonds is 8. The number of hydrogen-bond donors (Lipinski definition) is 1. The molecule has 2 unspecified atom stereocenters. The minimum absolute atomic E-state index is 0.0157. The molecule has 3 aromatic rings. The molecule has 1 aliphatic rings. The van der Waals surface area contributed by atoms with Crippen LogP contribution in [0.3, 0.4) is 0 Å². The smallest absolute Gasteiger partial charge is 0.325 e. The summed E-state index contributed by atoms with van der Waals surface area (Å²) >= 11 is 5.64. The number of pyridine rings is 1. The van der Waals surface area contributed by atoms with Crippen LogP contribution in [0.5, 0.6) is 5.75 Å². The van der Waals surface area contributed by atoms with Crippen LogP contribution in [0.1, 0.15) is 41.7 Å². The predicted molar refractivity (Wildman–Crippen MR) is 137 cm³/mol. The van der Waals surface area contributed by atoms with Crippen LogP contribution in [0, 0.1) is 24.0 Å². The summed E-state index contributed by atoms with van der Waals surface area (Å²) in [5.74, 6) is 0.00133. The maximum Gasteiger partial charge on any atom is 0.325 e. The minimum Gasteiger partial charge on any atom is -0.494 e. The number of ether oxygens (including phenoxy) is 2. The first-order valence-corrected chi connectivity index (χ1v) is 11.8. The lowest BCUT2D eigenvalue weighted by atomic mass is 9.97. The highest BCUT2D eigenvalue weighted by atomic mass is 32.1. The van der Waals surface area contributed by atoms with Gasteiger partial charge in [0.05, 0.1) is 48.2 Å². The van der Waals surface area contributed by atoms with Gasteiger partial charge < -0.3 is 24.3 Å². The Bertz CT molecular complexity index is 1310. The standard InChI is InChI=1S/C25H27N5O5S/c1-5-35-22(31)14-28-24(23(27-25(28)36)19-8-6-7-11-26-19)18-12-15(2)29(16(18)3)20-10-9-17(30(32)33)13-21(20)34-4/h6-13,23-24H,5,14H2,1-4H3,(H,27,36). The Labute approximate surface area is 214 Å². The van der Waals surface area contributed by atoms with E-state index in [0.717, 1.165) is 22.6 Å². The molecule has 11 heteroatoms. The van der Waals surface area contributed by atoms with E-state index in [4.69, 9.17) is 21.7 Å². The third-order valence-corrected chi connectivity index (χ3v) is 6.56. The first-order chi connectivity index (χ1) is 17.3. The zero-order chi connectivity index (χ0) is 26.0. The van der Waals surface area contributed by atoms with Crippen molar-refractivity contribution in [2.24, 2.45) is 0 Å². The fourth-order valence-electron chi connectivity index (χ4n) is 4.68. The number of nitrogens with one attached hydrogen (secondary N) is 1. The number of carbonyl (C=O) groups is 1. The first-order valence-electron chi connectivity index (χ1n) is 11.4. The van der Waals surface area contributed by atoms with E-state index < -0.39 is 4.92 Å². The summed E-state index contributed by atoms with van der Waals surface area (Å²) in [5, 5.41) is 15.0. The molecular weight excluding hydrogens is 482 g/mol. The number of benzene rings is 1. The van der Waals surface area contributed by atoms with Crippen LogP contribution in [0.2, 0.25) is 0 Å². The maximum atomic E-state index is 12.5. The molecule has 1 aromatic carbocycles. The van der Waals surface area contributed by atoms with Crippen LogP contribution in [0.4, 0.5) is 5.69 Å². The highest BCUT2D eigenvalue weighted by Crippen LogP contribution is 2.42. The van der Waals surface area contributed by atoms with Gasteiger partial charge in [-0.25, -0.2) is 0 Å². The lowest BCUT2D eigenvalue weighted by molar-refractivity contribution is -0.384. The second-order valence-electron chi connectivity index (χ2n) is 8.33. The molecule has 2 aromatic heterocycles. The zero-order valence-electron chi connectivity index (χ0n) is 20.4. The van der Waals surface area contributed by atoms with Crippen LogP contribution in [0.15, 0.2) is 48.7 Å². The molecule has 1 saturated heterocycles. The molecule has 0 amide bonds. The summed E-state index contributed by atoms with van der Waals surface area (Å²) in [6.45, 7) is 5.93. The largest absolute Gasteiger partial charge is 0.494 e. The van der Waals surface area contributed by atoms with Gasteiger partial charge in [-0.05, 0) is 62.8 Å². The SMILES string of the molecule is CCOC(=O)CN1C(=S)NC(c2ccccn2)C1c1cc(C)n(-c2ccc([N+](=O)[O-])cc2OC)c1C. The van der Waals surface area contributed by atoms with Crippen molar-refractivity contribution in [3.8, 4) is 11.4 Å². The Morgan fingerprint density at radius 3 is 2.67 bits per heavy atom. The van der Waals surface area contributed by atoms with Crippen molar-refractivity contribution in [1.29, 1.82) is 0 Å². The predicted octanol–water partition coefficient (Wildman–Crippen LogP) is 3.94. The van der Waals surface area contributed by atoms with Gasteiger partial charge in [-0.3, -0.25) is 19.9 Å². The maximum absolute atomic E-state index is 12.5. The van der Waals surface area contributed by atoms with Crippen molar-refractivity contribution in [3.05, 3.63) is 81.4 Å². The summed E-state index contributed by atoms with van der Waals surface area (Å²) in [5.41, 5.74) is 4.10. The van der Waals surface area contributed by atoms with Crippen LogP contribution < -0.4 is 10.1 Å². The molecule has 0 aliphatic carbocycles. The topological polar surface area (TPSA) is 112 Å². The number of nitro groups is 1. The van der Waals surface area contributed by atoms with Gasteiger partial charge in [-0.2, -0.15) is 0 Å². The Morgan fingerprint density at radius 2 is 2.03 bits per heavy atom. The number of non-ortho nitro benzene ring substituents is 1. The molecule has 0 spiro atoms. The van der Waals surface area contributed by atoms with Crippen molar-refractivity contribution in [1.82, 2.24) is 19.8 Å². The number of aryl methyl sites for hydroxylation is 1. The molecule has 0 saturated carbocycles. The fourth-order valence-corrected chi connectivity index (χ4v) is 4.99. The van der Waals surface area contributed by atoms with Gasteiger partial charge in [-0.1, -0.05) is 6.07 Å². The highest BCUT2D eigenvalue weighted by Gasteiger charge is 2.42. The van der Waals surface area contributed by atoms with Crippen LogP contribution >= 0.6 is 12.2 Å². The van der Waals surface area contributed by atoms with Gasteiger partial charge in [0.25, 0.3) is 5.69 Å². The van der Waals surface area contributed by atoms with Crippen LogP contribution in [0.25, 0.3) is 5.69 Å². The fraction of sp³-hybridized carbons (Fsp3) is 0.320. The molecule has 1 fully saturated rings. The van der Waals surface area contributed by atoms with Crippen molar-refractivity contribution in [3.63, 3.8) is 0 Å². The summed E-state index contributed by atoms with van der Waals surface area (Å²) < 4.78 is 12.7. The van der Waals surface area contributed by atoms with Gasteiger partial charge in [0.1, 0.15) is 12.3 Å². The van der Waals surface area contributed by atoms with E-state index in [1.165, 1.54) is 19.2 Å². The molecule has 0 radical (unpaired) electrons. The molecule has 10 nitrogen and oxygen atoms in total. The van der Waals surface area contributed by atoms with E-state index in [9.17, 15) is 14.9 Å². The lowest BCUT2D eigenvalue weighted by Gasteiger charge is -2.27. The van der Waals surface area contributed by atoms with E-state index in [2.05, 4.69) is 10.3 Å². The van der Waals surface area contributed by atoms with Gasteiger partial charge in [-0.15, -0.1) is 0 Å². The molecule has 36 heavy (non-hydrogen) atoms. The number of nitro benzene ring substituents is 1. The molecule has 1 N–H and O–H groups in total. The van der Waals surface area contributed by atoms with Crippen LogP contribution in [-0.2, 0) is 9.53 Å². The number of thiocarbonyl (C=S) groups is 1. The highest BCUT2D eigenvalue weighted by molar-refractivity contribution is 7.80. The van der Waals surface area contributed by atoms with Gasteiger partial charge in [0.15, 0.2) is 5.11 Å². The first kappa shape index (κ1) is 25.1. The van der Waals surface area contributed by atoms with E-state index >= 15 is 0 Å². The molecule has 2 atom stereocenters. The average Bonchev–Trinajstić information content (AvgIpc) is 3.34. The van der Waals surface area contributed by atoms with E-state index in [1.807, 2.05) is 47.6 Å². The third kappa shape index (κ3) is 4.61. The van der Waals surface area contributed by atoms with E-state index in [0.29, 0.717) is 16.5 Å². The zero-order valence-corrected chi connectivity index (χ0v) is 21.2. The number of methoxy groups -OCH3 is 1. The normalized spacial score (nSPS) is 17.1. The lowest BCUT2D eigenvalue weighted by Crippen LogP contribution is -2.35. The Balaban J connectivity index is 1.84. The molecule has 0 bridgehead atoms. The van der Waals surface area contributed by atoms with Gasteiger partial charge in [0.2, 0.25) is 0 Å². The van der Waals surface area contributed by atoms with E-state index in [1.54, 1.807) is 19.2 Å². The Hall–Kier alpha value is -3.99. The van der Waals surface area contributed by atoms with Crippen molar-refractivity contribution >= 4 is 29.0 Å². The Kier molecular flexibility index (Phi) is 7.20. The number of carbonyl (C=O) groups excluding carboxylic acids is 1. The van der Waals surface area contributed by atoms with E-state index in [-0.39, 0.29) is 36.9 Å². The second kappa shape index (κ2) is 10.3. The molecular formula is C25H27N5O5S.